The molecule has 1 aliphatic rings. The molecule has 3 rings (SSSR count). The van der Waals surface area contributed by atoms with Gasteiger partial charge in [-0.05, 0) is 49.9 Å². The van der Waals surface area contributed by atoms with Crippen molar-refractivity contribution >= 4 is 11.9 Å². The Hall–Kier alpha value is -2.96. The predicted octanol–water partition coefficient (Wildman–Crippen LogP) is 2.05. The van der Waals surface area contributed by atoms with E-state index in [1.807, 2.05) is 0 Å². The Bertz CT molecular complexity index is 937. The Balaban J connectivity index is 2.00. The molecule has 1 unspecified atom stereocenters. The van der Waals surface area contributed by atoms with Crippen LogP contribution in [0.2, 0.25) is 0 Å². The summed E-state index contributed by atoms with van der Waals surface area (Å²) in [5.74, 6) is -2.50. The van der Waals surface area contributed by atoms with Crippen molar-refractivity contribution in [2.45, 2.75) is 38.3 Å². The second kappa shape index (κ2) is 6.74. The molecule has 0 aliphatic carbocycles. The van der Waals surface area contributed by atoms with Gasteiger partial charge in [0.2, 0.25) is 0 Å². The molecule has 1 aromatic carbocycles. The van der Waals surface area contributed by atoms with Crippen molar-refractivity contribution in [3.8, 4) is 0 Å². The Morgan fingerprint density at radius 2 is 2.00 bits per heavy atom. The summed E-state index contributed by atoms with van der Waals surface area (Å²) in [4.78, 5) is 36.7. The number of nitrogens with one attached hydrogen (secondary N) is 1. The number of nitrogens with zero attached hydrogens (tertiary/aromatic N) is 1. The molecule has 2 heterocycles. The van der Waals surface area contributed by atoms with Gasteiger partial charge < -0.3 is 15.0 Å². The number of rotatable bonds is 4. The fourth-order valence-electron chi connectivity index (χ4n) is 3.25. The van der Waals surface area contributed by atoms with Gasteiger partial charge in [0, 0.05) is 18.3 Å². The van der Waals surface area contributed by atoms with Gasteiger partial charge >= 0.3 is 5.97 Å². The molecule has 1 atom stereocenters. The molecular formula is C19H19FN2O4. The van der Waals surface area contributed by atoms with Crippen LogP contribution >= 0.6 is 0 Å². The van der Waals surface area contributed by atoms with Gasteiger partial charge in [-0.3, -0.25) is 9.59 Å². The fraction of sp³-hybridized carbons (Fsp3) is 0.316. The summed E-state index contributed by atoms with van der Waals surface area (Å²) in [6, 6.07) is 7.85. The second-order valence-electron chi connectivity index (χ2n) is 6.54. The van der Waals surface area contributed by atoms with Crippen LogP contribution in [0.3, 0.4) is 0 Å². The zero-order valence-corrected chi connectivity index (χ0v) is 14.3. The number of hydrogen-bond acceptors (Lipinski definition) is 3. The Labute approximate surface area is 149 Å². The predicted molar refractivity (Wildman–Crippen MR) is 92.5 cm³/mol. The monoisotopic (exact) mass is 358 g/mol. The average molecular weight is 358 g/mol. The summed E-state index contributed by atoms with van der Waals surface area (Å²) in [5, 5.41) is 12.2. The number of aromatic nitrogens is 1. The zero-order valence-electron chi connectivity index (χ0n) is 14.3. The molecule has 1 aliphatic heterocycles. The summed E-state index contributed by atoms with van der Waals surface area (Å²) in [7, 11) is 0. The van der Waals surface area contributed by atoms with E-state index in [2.05, 4.69) is 5.32 Å². The number of pyridine rings is 1. The number of hydrogen-bond donors (Lipinski definition) is 2. The highest BCUT2D eigenvalue weighted by atomic mass is 19.1. The molecule has 0 saturated carbocycles. The van der Waals surface area contributed by atoms with Gasteiger partial charge in [-0.25, -0.2) is 9.18 Å². The zero-order chi connectivity index (χ0) is 18.9. The average Bonchev–Trinajstić information content (AvgIpc) is 2.62. The number of carbonyl (C=O) groups is 2. The normalized spacial score (nSPS) is 15.6. The van der Waals surface area contributed by atoms with Gasteiger partial charge in [-0.15, -0.1) is 0 Å². The SMILES string of the molecule is CC(NC(=O)c1ccc(=O)n2c1CCCC2)(C(=O)O)c1cccc(F)c1. The van der Waals surface area contributed by atoms with Gasteiger partial charge in [0.25, 0.3) is 11.5 Å². The van der Waals surface area contributed by atoms with Crippen LogP contribution < -0.4 is 10.9 Å². The third kappa shape index (κ3) is 3.12. The molecule has 0 fully saturated rings. The van der Waals surface area contributed by atoms with E-state index in [4.69, 9.17) is 0 Å². The molecule has 2 N–H and O–H groups in total. The van der Waals surface area contributed by atoms with Crippen molar-refractivity contribution in [2.24, 2.45) is 0 Å². The van der Waals surface area contributed by atoms with Gasteiger partial charge in [0.05, 0.1) is 5.56 Å². The highest BCUT2D eigenvalue weighted by molar-refractivity contribution is 5.99. The molecule has 0 saturated heterocycles. The fourth-order valence-corrected chi connectivity index (χ4v) is 3.25. The van der Waals surface area contributed by atoms with Crippen molar-refractivity contribution in [3.63, 3.8) is 0 Å². The molecule has 0 spiro atoms. The van der Waals surface area contributed by atoms with Crippen molar-refractivity contribution in [3.05, 3.63) is 69.4 Å². The number of fused-ring (bicyclic) bond motifs is 1. The Morgan fingerprint density at radius 1 is 1.23 bits per heavy atom. The highest BCUT2D eigenvalue weighted by Gasteiger charge is 2.38. The number of benzene rings is 1. The second-order valence-corrected chi connectivity index (χ2v) is 6.54. The van der Waals surface area contributed by atoms with Crippen molar-refractivity contribution < 1.29 is 19.1 Å². The van der Waals surface area contributed by atoms with Gasteiger partial charge in [0.1, 0.15) is 5.82 Å². The quantitative estimate of drug-likeness (QED) is 0.876. The lowest BCUT2D eigenvalue weighted by Gasteiger charge is -2.28. The minimum absolute atomic E-state index is 0.125. The van der Waals surface area contributed by atoms with Crippen LogP contribution in [-0.2, 0) is 23.3 Å². The summed E-state index contributed by atoms with van der Waals surface area (Å²) in [6.07, 6.45) is 2.28. The van der Waals surface area contributed by atoms with Gasteiger partial charge in [-0.1, -0.05) is 12.1 Å². The molecule has 7 heteroatoms. The Kier molecular flexibility index (Phi) is 4.63. The van der Waals surface area contributed by atoms with E-state index in [0.717, 1.165) is 18.9 Å². The number of aliphatic carboxylic acids is 1. The minimum atomic E-state index is -1.80. The van der Waals surface area contributed by atoms with Crippen LogP contribution in [0.4, 0.5) is 4.39 Å². The number of amides is 1. The third-order valence-corrected chi connectivity index (χ3v) is 4.78. The summed E-state index contributed by atoms with van der Waals surface area (Å²) >= 11 is 0. The van der Waals surface area contributed by atoms with Gasteiger partial charge in [-0.2, -0.15) is 0 Å². The van der Waals surface area contributed by atoms with E-state index in [1.54, 1.807) is 4.57 Å². The lowest BCUT2D eigenvalue weighted by molar-refractivity contribution is -0.144. The van der Waals surface area contributed by atoms with Crippen LogP contribution in [0.5, 0.6) is 0 Å². The molecule has 2 aromatic rings. The highest BCUT2D eigenvalue weighted by Crippen LogP contribution is 2.24. The number of halogens is 1. The van der Waals surface area contributed by atoms with E-state index in [9.17, 15) is 23.9 Å². The molecule has 1 amide bonds. The van der Waals surface area contributed by atoms with Crippen molar-refractivity contribution in [1.82, 2.24) is 9.88 Å². The van der Waals surface area contributed by atoms with E-state index >= 15 is 0 Å². The number of carboxylic acids is 1. The topological polar surface area (TPSA) is 88.4 Å². The maximum Gasteiger partial charge on any atom is 0.333 e. The minimum Gasteiger partial charge on any atom is -0.479 e. The summed E-state index contributed by atoms with van der Waals surface area (Å²) < 4.78 is 15.1. The van der Waals surface area contributed by atoms with Crippen molar-refractivity contribution in [2.75, 3.05) is 0 Å². The maximum atomic E-state index is 13.5. The van der Waals surface area contributed by atoms with Crippen LogP contribution in [0.15, 0.2) is 41.2 Å². The first kappa shape index (κ1) is 17.8. The molecule has 136 valence electrons. The maximum absolute atomic E-state index is 13.5. The van der Waals surface area contributed by atoms with Crippen LogP contribution in [0, 0.1) is 5.82 Å². The standard InChI is InChI=1S/C19H19FN2O4/c1-19(18(25)26,12-5-4-6-13(20)11-12)21-17(24)14-8-9-16(23)22-10-3-2-7-15(14)22/h4-6,8-9,11H,2-3,7,10H2,1H3,(H,21,24)(H,25,26). The van der Waals surface area contributed by atoms with E-state index in [0.29, 0.717) is 18.7 Å². The number of carboxylic acid groups (broad SMARTS) is 1. The molecule has 26 heavy (non-hydrogen) atoms. The molecule has 0 radical (unpaired) electrons. The summed E-state index contributed by atoms with van der Waals surface area (Å²) in [6.45, 7) is 1.85. The lowest BCUT2D eigenvalue weighted by Crippen LogP contribution is -2.50. The number of carbonyl (C=O) groups excluding carboxylic acids is 1. The molecule has 0 bridgehead atoms. The van der Waals surface area contributed by atoms with E-state index in [1.165, 1.54) is 37.3 Å². The van der Waals surface area contributed by atoms with E-state index < -0.39 is 23.2 Å². The first-order valence-corrected chi connectivity index (χ1v) is 8.37. The van der Waals surface area contributed by atoms with Crippen LogP contribution in [-0.4, -0.2) is 21.6 Å². The van der Waals surface area contributed by atoms with Crippen LogP contribution in [0.25, 0.3) is 0 Å². The Morgan fingerprint density at radius 3 is 2.69 bits per heavy atom. The smallest absolute Gasteiger partial charge is 0.333 e. The first-order valence-electron chi connectivity index (χ1n) is 8.37. The molecule has 1 aromatic heterocycles. The van der Waals surface area contributed by atoms with Gasteiger partial charge in [0.15, 0.2) is 5.54 Å². The molecular weight excluding hydrogens is 339 g/mol. The summed E-state index contributed by atoms with van der Waals surface area (Å²) in [5.41, 5.74) is -0.981. The first-order chi connectivity index (χ1) is 12.3. The third-order valence-electron chi connectivity index (χ3n) is 4.78. The van der Waals surface area contributed by atoms with Crippen molar-refractivity contribution in [1.29, 1.82) is 0 Å². The van der Waals surface area contributed by atoms with E-state index in [-0.39, 0.29) is 16.7 Å². The van der Waals surface area contributed by atoms with Crippen LogP contribution in [0.1, 0.15) is 41.4 Å². The molecule has 6 nitrogen and oxygen atoms in total. The lowest BCUT2D eigenvalue weighted by atomic mass is 9.91. The largest absolute Gasteiger partial charge is 0.479 e.